The molecule has 1 amide bonds. The van der Waals surface area contributed by atoms with E-state index in [2.05, 4.69) is 4.90 Å². The summed E-state index contributed by atoms with van der Waals surface area (Å²) >= 11 is 0. The highest BCUT2D eigenvalue weighted by atomic mass is 16.2. The lowest BCUT2D eigenvalue weighted by atomic mass is 9.83. The van der Waals surface area contributed by atoms with E-state index in [-0.39, 0.29) is 11.5 Å². The van der Waals surface area contributed by atoms with Crippen molar-refractivity contribution >= 4 is 16.8 Å². The summed E-state index contributed by atoms with van der Waals surface area (Å²) in [5.41, 5.74) is 1.26. The first-order valence-corrected chi connectivity index (χ1v) is 10.7. The monoisotopic (exact) mass is 379 g/mol. The zero-order valence-electron chi connectivity index (χ0n) is 16.6. The second-order valence-corrected chi connectivity index (χ2v) is 9.03. The highest BCUT2D eigenvalue weighted by Gasteiger charge is 2.38. The third-order valence-corrected chi connectivity index (χ3v) is 7.22. The van der Waals surface area contributed by atoms with E-state index in [0.717, 1.165) is 36.5 Å². The number of hydrogen-bond acceptors (Lipinski definition) is 3. The molecular formula is C23H29N3O2. The maximum Gasteiger partial charge on any atom is 0.254 e. The van der Waals surface area contributed by atoms with Gasteiger partial charge in [-0.05, 0) is 43.6 Å². The van der Waals surface area contributed by atoms with Gasteiger partial charge >= 0.3 is 0 Å². The fraction of sp³-hybridized carbons (Fsp3) is 0.565. The summed E-state index contributed by atoms with van der Waals surface area (Å²) in [6.45, 7) is 3.95. The van der Waals surface area contributed by atoms with Gasteiger partial charge in [-0.1, -0.05) is 24.6 Å². The zero-order chi connectivity index (χ0) is 19.3. The number of hydrogen-bond donors (Lipinski definition) is 0. The molecule has 0 radical (unpaired) electrons. The quantitative estimate of drug-likeness (QED) is 0.824. The van der Waals surface area contributed by atoms with E-state index < -0.39 is 0 Å². The average molecular weight is 380 g/mol. The summed E-state index contributed by atoms with van der Waals surface area (Å²) in [5, 5.41) is 0.873. The molecule has 148 valence electrons. The number of carbonyl (C=O) groups excluding carboxylic acids is 1. The topological polar surface area (TPSA) is 45.6 Å². The van der Waals surface area contributed by atoms with Crippen LogP contribution in [0.3, 0.4) is 0 Å². The number of aryl methyl sites for hydroxylation is 1. The Morgan fingerprint density at radius 1 is 1.07 bits per heavy atom. The molecule has 1 aromatic heterocycles. The Kier molecular flexibility index (Phi) is 4.50. The molecule has 3 aliphatic heterocycles. The van der Waals surface area contributed by atoms with Gasteiger partial charge in [0.25, 0.3) is 11.5 Å². The van der Waals surface area contributed by atoms with Crippen LogP contribution in [0.2, 0.25) is 0 Å². The number of nitrogens with zero attached hydrogens (tertiary/aromatic N) is 3. The number of rotatable bonds is 3. The van der Waals surface area contributed by atoms with Crippen molar-refractivity contribution in [3.05, 3.63) is 46.2 Å². The number of piperidine rings is 1. The molecule has 6 rings (SSSR count). The summed E-state index contributed by atoms with van der Waals surface area (Å²) in [6, 6.07) is 9.73. The Hall–Kier alpha value is -2.14. The summed E-state index contributed by atoms with van der Waals surface area (Å²) < 4.78 is 1.62. The highest BCUT2D eigenvalue weighted by Crippen LogP contribution is 2.33. The van der Waals surface area contributed by atoms with Crippen LogP contribution in [-0.4, -0.2) is 52.5 Å². The van der Waals surface area contributed by atoms with Gasteiger partial charge in [0.2, 0.25) is 0 Å². The van der Waals surface area contributed by atoms with E-state index in [1.165, 1.54) is 44.7 Å². The Morgan fingerprint density at radius 2 is 1.89 bits per heavy atom. The van der Waals surface area contributed by atoms with Crippen molar-refractivity contribution in [3.63, 3.8) is 0 Å². The van der Waals surface area contributed by atoms with Crippen LogP contribution >= 0.6 is 0 Å². The van der Waals surface area contributed by atoms with E-state index in [9.17, 15) is 9.59 Å². The minimum absolute atomic E-state index is 0.0243. The van der Waals surface area contributed by atoms with Gasteiger partial charge < -0.3 is 9.47 Å². The molecule has 0 spiro atoms. The van der Waals surface area contributed by atoms with Crippen LogP contribution in [0.1, 0.15) is 42.5 Å². The van der Waals surface area contributed by atoms with Gasteiger partial charge in [-0.3, -0.25) is 14.5 Å². The van der Waals surface area contributed by atoms with Crippen LogP contribution in [0, 0.1) is 11.8 Å². The smallest absolute Gasteiger partial charge is 0.254 e. The Labute approximate surface area is 165 Å². The predicted octanol–water partition coefficient (Wildman–Crippen LogP) is 2.88. The molecule has 4 aliphatic rings. The maximum atomic E-state index is 13.5. The minimum Gasteiger partial charge on any atom is -0.337 e. The summed E-state index contributed by atoms with van der Waals surface area (Å²) in [7, 11) is 1.77. The molecule has 1 aliphatic carbocycles. The Balaban J connectivity index is 1.44. The van der Waals surface area contributed by atoms with Crippen LogP contribution in [0.5, 0.6) is 0 Å². The van der Waals surface area contributed by atoms with E-state index >= 15 is 0 Å². The van der Waals surface area contributed by atoms with Crippen molar-refractivity contribution in [1.29, 1.82) is 0 Å². The normalized spacial score (nSPS) is 25.7. The number of pyridine rings is 1. The first-order chi connectivity index (χ1) is 13.6. The average Bonchev–Trinajstić information content (AvgIpc) is 2.99. The number of carbonyl (C=O) groups is 1. The SMILES string of the molecule is Cn1c(=O)cc(C(=O)N2C[C@H]3CC[C@@H](C2)N(CC2CCC2)C3)c2ccccc21. The van der Waals surface area contributed by atoms with Gasteiger partial charge in [0.1, 0.15) is 0 Å². The zero-order valence-corrected chi connectivity index (χ0v) is 16.6. The Bertz CT molecular complexity index is 962. The number of fused-ring (bicyclic) bond motifs is 5. The molecule has 1 saturated carbocycles. The second kappa shape index (κ2) is 7.03. The van der Waals surface area contributed by atoms with Crippen LogP contribution in [0.25, 0.3) is 10.9 Å². The van der Waals surface area contributed by atoms with Gasteiger partial charge in [-0.25, -0.2) is 0 Å². The lowest BCUT2D eigenvalue weighted by Gasteiger charge is -2.40. The number of para-hydroxylation sites is 1. The first-order valence-electron chi connectivity index (χ1n) is 10.7. The van der Waals surface area contributed by atoms with Crippen molar-refractivity contribution in [3.8, 4) is 0 Å². The van der Waals surface area contributed by atoms with Crippen LogP contribution in [-0.2, 0) is 7.05 Å². The van der Waals surface area contributed by atoms with Gasteiger partial charge in [0.15, 0.2) is 0 Å². The third-order valence-electron chi connectivity index (χ3n) is 7.22. The molecule has 5 nitrogen and oxygen atoms in total. The molecule has 4 heterocycles. The fourth-order valence-electron chi connectivity index (χ4n) is 5.33. The van der Waals surface area contributed by atoms with E-state index in [1.54, 1.807) is 11.6 Å². The van der Waals surface area contributed by atoms with Gasteiger partial charge in [0, 0.05) is 50.7 Å². The van der Waals surface area contributed by atoms with Crippen molar-refractivity contribution in [1.82, 2.24) is 14.4 Å². The van der Waals surface area contributed by atoms with Gasteiger partial charge in [0.05, 0.1) is 11.1 Å². The molecule has 2 aromatic rings. The Morgan fingerprint density at radius 3 is 2.68 bits per heavy atom. The lowest BCUT2D eigenvalue weighted by Crippen LogP contribution is -2.47. The van der Waals surface area contributed by atoms with E-state index in [4.69, 9.17) is 0 Å². The summed E-state index contributed by atoms with van der Waals surface area (Å²) in [4.78, 5) is 30.6. The maximum absolute atomic E-state index is 13.5. The van der Waals surface area contributed by atoms with Crippen molar-refractivity contribution in [2.24, 2.45) is 18.9 Å². The molecule has 28 heavy (non-hydrogen) atoms. The summed E-state index contributed by atoms with van der Waals surface area (Å²) in [5.74, 6) is 1.45. The van der Waals surface area contributed by atoms with Crippen molar-refractivity contribution in [2.75, 3.05) is 26.2 Å². The number of amides is 1. The molecule has 0 unspecified atom stereocenters. The van der Waals surface area contributed by atoms with Crippen LogP contribution in [0.4, 0.5) is 0 Å². The molecule has 2 bridgehead atoms. The standard InChI is InChI=1S/C23H29N3O2/c1-24-21-8-3-2-7-19(21)20(11-22(24)27)23(28)26-14-17-9-10-18(15-26)25(13-17)12-16-5-4-6-16/h2-3,7-8,11,16-18H,4-6,9-10,12-15H2,1H3/t17-,18-/m0/s1. The molecule has 1 aromatic carbocycles. The van der Waals surface area contributed by atoms with Crippen molar-refractivity contribution in [2.45, 2.75) is 38.1 Å². The number of benzene rings is 1. The molecule has 0 N–H and O–H groups in total. The van der Waals surface area contributed by atoms with Gasteiger partial charge in [-0.15, -0.1) is 0 Å². The molecule has 2 atom stereocenters. The molecule has 4 fully saturated rings. The number of aromatic nitrogens is 1. The lowest BCUT2D eigenvalue weighted by molar-refractivity contribution is 0.0718. The van der Waals surface area contributed by atoms with Crippen LogP contribution < -0.4 is 5.56 Å². The van der Waals surface area contributed by atoms with Crippen LogP contribution in [0.15, 0.2) is 35.1 Å². The third kappa shape index (κ3) is 3.06. The van der Waals surface area contributed by atoms with E-state index in [0.29, 0.717) is 17.5 Å². The van der Waals surface area contributed by atoms with Crippen molar-refractivity contribution < 1.29 is 4.79 Å². The first kappa shape index (κ1) is 17.9. The molecule has 3 saturated heterocycles. The van der Waals surface area contributed by atoms with E-state index in [1.807, 2.05) is 29.2 Å². The second-order valence-electron chi connectivity index (χ2n) is 9.03. The predicted molar refractivity (Wildman–Crippen MR) is 111 cm³/mol. The highest BCUT2D eigenvalue weighted by molar-refractivity contribution is 6.06. The summed E-state index contributed by atoms with van der Waals surface area (Å²) in [6.07, 6.45) is 6.53. The fourth-order valence-corrected chi connectivity index (χ4v) is 5.33. The van der Waals surface area contributed by atoms with Gasteiger partial charge in [-0.2, -0.15) is 0 Å². The minimum atomic E-state index is -0.119. The largest absolute Gasteiger partial charge is 0.337 e. The molecule has 5 heteroatoms. The molecular weight excluding hydrogens is 350 g/mol.